The van der Waals surface area contributed by atoms with Gasteiger partial charge in [-0.05, 0) is 31.2 Å². The van der Waals surface area contributed by atoms with Crippen LogP contribution in [0.5, 0.6) is 0 Å². The van der Waals surface area contributed by atoms with Crippen LogP contribution in [0.2, 0.25) is 0 Å². The number of hydrogen-bond acceptors (Lipinski definition) is 2. The highest BCUT2D eigenvalue weighted by Gasteiger charge is 2.42. The molecule has 1 rings (SSSR count). The van der Waals surface area contributed by atoms with Crippen molar-refractivity contribution in [3.05, 3.63) is 0 Å². The number of nitrogens with two attached hydrogens (primary N) is 1. The second kappa shape index (κ2) is 3.89. The third kappa shape index (κ3) is 2.98. The summed E-state index contributed by atoms with van der Waals surface area (Å²) in [5.74, 6) is 0.140. The molecule has 1 fully saturated rings. The molecule has 0 spiro atoms. The summed E-state index contributed by atoms with van der Waals surface area (Å²) >= 11 is 0. The van der Waals surface area contributed by atoms with E-state index in [4.69, 9.17) is 5.73 Å². The second-order valence-corrected chi connectivity index (χ2v) is 5.47. The van der Waals surface area contributed by atoms with Crippen molar-refractivity contribution in [1.82, 2.24) is 5.32 Å². The first-order chi connectivity index (χ1) is 6.40. The van der Waals surface area contributed by atoms with Gasteiger partial charge in [0.05, 0.1) is 0 Å². The van der Waals surface area contributed by atoms with Crippen molar-refractivity contribution in [2.24, 2.45) is 16.6 Å². The standard InChI is InChI=1S/C11H22N2O/c1-10(2,3)9(14)13-8-11(4-5-11)6-7-12/h4-8,12H2,1-3H3,(H,13,14). The molecule has 1 amide bonds. The molecule has 82 valence electrons. The molecule has 0 heterocycles. The van der Waals surface area contributed by atoms with E-state index in [-0.39, 0.29) is 11.3 Å². The molecule has 14 heavy (non-hydrogen) atoms. The molecule has 3 heteroatoms. The summed E-state index contributed by atoms with van der Waals surface area (Å²) in [5.41, 5.74) is 5.60. The topological polar surface area (TPSA) is 55.1 Å². The molecule has 0 aliphatic heterocycles. The maximum atomic E-state index is 11.6. The largest absolute Gasteiger partial charge is 0.355 e. The zero-order valence-corrected chi connectivity index (χ0v) is 9.52. The minimum Gasteiger partial charge on any atom is -0.355 e. The number of nitrogens with one attached hydrogen (secondary N) is 1. The van der Waals surface area contributed by atoms with Gasteiger partial charge in [-0.1, -0.05) is 20.8 Å². The molecule has 3 nitrogen and oxygen atoms in total. The fraction of sp³-hybridized carbons (Fsp3) is 0.909. The number of hydrogen-bond donors (Lipinski definition) is 2. The van der Waals surface area contributed by atoms with Crippen LogP contribution < -0.4 is 11.1 Å². The van der Waals surface area contributed by atoms with Gasteiger partial charge < -0.3 is 11.1 Å². The molecule has 0 atom stereocenters. The van der Waals surface area contributed by atoms with E-state index in [1.54, 1.807) is 0 Å². The second-order valence-electron chi connectivity index (χ2n) is 5.47. The highest BCUT2D eigenvalue weighted by molar-refractivity contribution is 5.81. The Morgan fingerprint density at radius 2 is 2.00 bits per heavy atom. The fourth-order valence-electron chi connectivity index (χ4n) is 1.53. The van der Waals surface area contributed by atoms with Gasteiger partial charge in [0.1, 0.15) is 0 Å². The third-order valence-electron chi connectivity index (χ3n) is 2.94. The van der Waals surface area contributed by atoms with E-state index in [0.29, 0.717) is 5.41 Å². The van der Waals surface area contributed by atoms with Gasteiger partial charge in [-0.3, -0.25) is 4.79 Å². The Balaban J connectivity index is 2.30. The van der Waals surface area contributed by atoms with Gasteiger partial charge in [0, 0.05) is 12.0 Å². The van der Waals surface area contributed by atoms with Crippen LogP contribution in [0.15, 0.2) is 0 Å². The van der Waals surface area contributed by atoms with Crippen molar-refractivity contribution in [2.75, 3.05) is 13.1 Å². The van der Waals surface area contributed by atoms with Gasteiger partial charge in [0.2, 0.25) is 5.91 Å². The number of carbonyl (C=O) groups is 1. The lowest BCUT2D eigenvalue weighted by atomic mass is 9.94. The summed E-state index contributed by atoms with van der Waals surface area (Å²) in [4.78, 5) is 11.6. The van der Waals surface area contributed by atoms with Crippen LogP contribution in [-0.2, 0) is 4.79 Å². The van der Waals surface area contributed by atoms with Crippen LogP contribution in [0.25, 0.3) is 0 Å². The van der Waals surface area contributed by atoms with Gasteiger partial charge >= 0.3 is 0 Å². The van der Waals surface area contributed by atoms with E-state index in [9.17, 15) is 4.79 Å². The minimum atomic E-state index is -0.279. The first-order valence-electron chi connectivity index (χ1n) is 5.38. The summed E-state index contributed by atoms with van der Waals surface area (Å²) in [6.45, 7) is 7.34. The van der Waals surface area contributed by atoms with Gasteiger partial charge in [0.15, 0.2) is 0 Å². The molecule has 0 saturated heterocycles. The van der Waals surface area contributed by atoms with Crippen LogP contribution in [0, 0.1) is 10.8 Å². The van der Waals surface area contributed by atoms with Crippen molar-refractivity contribution in [3.63, 3.8) is 0 Å². The zero-order chi connectivity index (χ0) is 10.8. The van der Waals surface area contributed by atoms with Crippen molar-refractivity contribution >= 4 is 5.91 Å². The average molecular weight is 198 g/mol. The van der Waals surface area contributed by atoms with Crippen LogP contribution in [0.1, 0.15) is 40.0 Å². The summed E-state index contributed by atoms with van der Waals surface area (Å²) in [6, 6.07) is 0. The van der Waals surface area contributed by atoms with Crippen molar-refractivity contribution in [2.45, 2.75) is 40.0 Å². The first-order valence-corrected chi connectivity index (χ1v) is 5.38. The first kappa shape index (κ1) is 11.5. The predicted molar refractivity (Wildman–Crippen MR) is 57.8 cm³/mol. The van der Waals surface area contributed by atoms with E-state index in [1.807, 2.05) is 20.8 Å². The Bertz CT molecular complexity index is 214. The molecule has 0 aromatic carbocycles. The van der Waals surface area contributed by atoms with Gasteiger partial charge in [-0.15, -0.1) is 0 Å². The Kier molecular flexibility index (Phi) is 3.20. The smallest absolute Gasteiger partial charge is 0.225 e. The van der Waals surface area contributed by atoms with Crippen LogP contribution in [-0.4, -0.2) is 19.0 Å². The van der Waals surface area contributed by atoms with E-state index in [1.165, 1.54) is 12.8 Å². The molecule has 0 radical (unpaired) electrons. The van der Waals surface area contributed by atoms with E-state index < -0.39 is 0 Å². The zero-order valence-electron chi connectivity index (χ0n) is 9.52. The lowest BCUT2D eigenvalue weighted by molar-refractivity contribution is -0.128. The van der Waals surface area contributed by atoms with Crippen LogP contribution in [0.3, 0.4) is 0 Å². The Morgan fingerprint density at radius 1 is 1.43 bits per heavy atom. The molecule has 3 N–H and O–H groups in total. The summed E-state index contributed by atoms with van der Waals surface area (Å²) in [7, 11) is 0. The average Bonchev–Trinajstić information content (AvgIpc) is 2.80. The Labute approximate surface area is 86.4 Å². The molecule has 0 aromatic heterocycles. The molecular formula is C11H22N2O. The molecule has 0 bridgehead atoms. The highest BCUT2D eigenvalue weighted by atomic mass is 16.2. The monoisotopic (exact) mass is 198 g/mol. The molecular weight excluding hydrogens is 176 g/mol. The summed E-state index contributed by atoms with van der Waals surface area (Å²) in [5, 5.41) is 3.02. The summed E-state index contributed by atoms with van der Waals surface area (Å²) in [6.07, 6.45) is 3.47. The maximum absolute atomic E-state index is 11.6. The SMILES string of the molecule is CC(C)(C)C(=O)NCC1(CCN)CC1. The van der Waals surface area contributed by atoms with E-state index in [0.717, 1.165) is 19.5 Å². The number of amides is 1. The maximum Gasteiger partial charge on any atom is 0.225 e. The Hall–Kier alpha value is -0.570. The lowest BCUT2D eigenvalue weighted by Gasteiger charge is -2.21. The predicted octanol–water partition coefficient (Wildman–Crippen LogP) is 1.28. The van der Waals surface area contributed by atoms with E-state index in [2.05, 4.69) is 5.32 Å². The van der Waals surface area contributed by atoms with Crippen LogP contribution in [0.4, 0.5) is 0 Å². The Morgan fingerprint density at radius 3 is 2.36 bits per heavy atom. The van der Waals surface area contributed by atoms with Crippen molar-refractivity contribution in [1.29, 1.82) is 0 Å². The van der Waals surface area contributed by atoms with E-state index >= 15 is 0 Å². The lowest BCUT2D eigenvalue weighted by Crippen LogP contribution is -2.38. The minimum absolute atomic E-state index is 0.140. The van der Waals surface area contributed by atoms with Gasteiger partial charge in [-0.2, -0.15) is 0 Å². The van der Waals surface area contributed by atoms with Crippen molar-refractivity contribution < 1.29 is 4.79 Å². The number of rotatable bonds is 4. The third-order valence-corrected chi connectivity index (χ3v) is 2.94. The molecule has 1 saturated carbocycles. The molecule has 0 unspecified atom stereocenters. The van der Waals surface area contributed by atoms with Gasteiger partial charge in [0.25, 0.3) is 0 Å². The van der Waals surface area contributed by atoms with Gasteiger partial charge in [-0.25, -0.2) is 0 Å². The van der Waals surface area contributed by atoms with Crippen LogP contribution >= 0.6 is 0 Å². The van der Waals surface area contributed by atoms with Crippen molar-refractivity contribution in [3.8, 4) is 0 Å². The summed E-state index contributed by atoms with van der Waals surface area (Å²) < 4.78 is 0. The fourth-order valence-corrected chi connectivity index (χ4v) is 1.53. The highest BCUT2D eigenvalue weighted by Crippen LogP contribution is 2.47. The molecule has 0 aromatic rings. The number of carbonyl (C=O) groups excluding carboxylic acids is 1. The quantitative estimate of drug-likeness (QED) is 0.715. The normalized spacial score (nSPS) is 19.1. The molecule has 1 aliphatic rings. The molecule has 1 aliphatic carbocycles.